The van der Waals surface area contributed by atoms with Gasteiger partial charge in [0.2, 0.25) is 5.91 Å². The summed E-state index contributed by atoms with van der Waals surface area (Å²) in [7, 11) is 0. The number of amides is 2. The smallest absolute Gasteiger partial charge is 0.251 e. The number of nitrogen functional groups attached to an aromatic ring is 1. The van der Waals surface area contributed by atoms with Gasteiger partial charge in [0.1, 0.15) is 5.75 Å². The zero-order valence-electron chi connectivity index (χ0n) is 10.2. The zero-order chi connectivity index (χ0) is 13.5. The number of carbonyl (C=O) groups excluding carboxylic acids is 2. The quantitative estimate of drug-likeness (QED) is 0.444. The van der Waals surface area contributed by atoms with E-state index in [1.165, 1.54) is 18.2 Å². The third kappa shape index (κ3) is 3.97. The Kier molecular flexibility index (Phi) is 4.98. The van der Waals surface area contributed by atoms with E-state index in [1.807, 2.05) is 6.92 Å². The first-order chi connectivity index (χ1) is 8.54. The summed E-state index contributed by atoms with van der Waals surface area (Å²) in [5.74, 6) is -0.833. The number of aromatic hydroxyl groups is 1. The van der Waals surface area contributed by atoms with Crippen molar-refractivity contribution in [3.8, 4) is 5.75 Å². The highest BCUT2D eigenvalue weighted by Gasteiger charge is 2.09. The van der Waals surface area contributed by atoms with Gasteiger partial charge in [-0.1, -0.05) is 6.92 Å². The van der Waals surface area contributed by atoms with Crippen molar-refractivity contribution in [3.05, 3.63) is 23.8 Å². The molecular weight excluding hydrogens is 234 g/mol. The van der Waals surface area contributed by atoms with Crippen molar-refractivity contribution in [2.45, 2.75) is 13.3 Å². The molecule has 6 heteroatoms. The number of phenolic OH excluding ortho intramolecular Hbond substituents is 1. The molecule has 0 spiro atoms. The standard InChI is InChI=1S/C12H17N3O3/c1-2-5-14-11(17)7-15-12(18)8-3-4-9(13)10(16)6-8/h3-4,6,16H,2,5,7,13H2,1H3,(H,14,17)(H,15,18). The first-order valence-corrected chi connectivity index (χ1v) is 5.68. The summed E-state index contributed by atoms with van der Waals surface area (Å²) in [6.45, 7) is 2.43. The van der Waals surface area contributed by atoms with Gasteiger partial charge in [0.05, 0.1) is 12.2 Å². The number of rotatable bonds is 5. The summed E-state index contributed by atoms with van der Waals surface area (Å²) in [6.07, 6.45) is 0.839. The Labute approximate surface area is 105 Å². The predicted molar refractivity (Wildman–Crippen MR) is 68.2 cm³/mol. The minimum Gasteiger partial charge on any atom is -0.506 e. The number of nitrogens with two attached hydrogens (primary N) is 1. The van der Waals surface area contributed by atoms with Crippen LogP contribution in [-0.2, 0) is 4.79 Å². The normalized spacial score (nSPS) is 9.83. The van der Waals surface area contributed by atoms with Gasteiger partial charge in [0, 0.05) is 12.1 Å². The van der Waals surface area contributed by atoms with Crippen LogP contribution >= 0.6 is 0 Å². The molecule has 0 heterocycles. The van der Waals surface area contributed by atoms with Crippen LogP contribution in [0, 0.1) is 0 Å². The number of carbonyl (C=O) groups is 2. The first-order valence-electron chi connectivity index (χ1n) is 5.68. The zero-order valence-corrected chi connectivity index (χ0v) is 10.2. The maximum atomic E-state index is 11.6. The molecule has 1 aromatic rings. The second-order valence-corrected chi connectivity index (χ2v) is 3.81. The summed E-state index contributed by atoms with van der Waals surface area (Å²) in [4.78, 5) is 22.9. The summed E-state index contributed by atoms with van der Waals surface area (Å²) < 4.78 is 0. The van der Waals surface area contributed by atoms with Crippen LogP contribution in [0.2, 0.25) is 0 Å². The highest BCUT2D eigenvalue weighted by Crippen LogP contribution is 2.20. The summed E-state index contributed by atoms with van der Waals surface area (Å²) in [5.41, 5.74) is 5.88. The molecule has 0 saturated heterocycles. The number of hydrogen-bond donors (Lipinski definition) is 4. The van der Waals surface area contributed by atoms with Crippen LogP contribution in [-0.4, -0.2) is 30.0 Å². The van der Waals surface area contributed by atoms with Crippen molar-refractivity contribution in [1.82, 2.24) is 10.6 Å². The van der Waals surface area contributed by atoms with E-state index in [0.717, 1.165) is 6.42 Å². The van der Waals surface area contributed by atoms with Crippen LogP contribution in [0.25, 0.3) is 0 Å². The maximum absolute atomic E-state index is 11.6. The molecule has 1 aromatic carbocycles. The number of nitrogens with one attached hydrogen (secondary N) is 2. The molecular formula is C12H17N3O3. The summed E-state index contributed by atoms with van der Waals surface area (Å²) in [6, 6.07) is 4.17. The van der Waals surface area contributed by atoms with Crippen molar-refractivity contribution in [2.75, 3.05) is 18.8 Å². The molecule has 0 unspecified atom stereocenters. The van der Waals surface area contributed by atoms with E-state index >= 15 is 0 Å². The summed E-state index contributed by atoms with van der Waals surface area (Å²) in [5, 5.41) is 14.4. The Hall–Kier alpha value is -2.24. The maximum Gasteiger partial charge on any atom is 0.251 e. The molecule has 0 atom stereocenters. The van der Waals surface area contributed by atoms with Gasteiger partial charge >= 0.3 is 0 Å². The molecule has 0 saturated carbocycles. The van der Waals surface area contributed by atoms with Crippen LogP contribution in [0.1, 0.15) is 23.7 Å². The van der Waals surface area contributed by atoms with Crippen molar-refractivity contribution < 1.29 is 14.7 Å². The molecule has 2 amide bonds. The fraction of sp³-hybridized carbons (Fsp3) is 0.333. The average molecular weight is 251 g/mol. The van der Waals surface area contributed by atoms with Gasteiger partial charge in [0.15, 0.2) is 0 Å². The van der Waals surface area contributed by atoms with Crippen LogP contribution < -0.4 is 16.4 Å². The van der Waals surface area contributed by atoms with E-state index < -0.39 is 5.91 Å². The highest BCUT2D eigenvalue weighted by molar-refractivity contribution is 5.97. The van der Waals surface area contributed by atoms with E-state index in [2.05, 4.69) is 10.6 Å². The fourth-order valence-electron chi connectivity index (χ4n) is 1.27. The molecule has 0 bridgehead atoms. The minimum absolute atomic E-state index is 0.0933. The number of hydrogen-bond acceptors (Lipinski definition) is 4. The molecule has 0 fully saturated rings. The lowest BCUT2D eigenvalue weighted by atomic mass is 10.2. The van der Waals surface area contributed by atoms with Crippen molar-refractivity contribution in [1.29, 1.82) is 0 Å². The van der Waals surface area contributed by atoms with Gasteiger partial charge < -0.3 is 21.5 Å². The van der Waals surface area contributed by atoms with Crippen molar-refractivity contribution in [3.63, 3.8) is 0 Å². The molecule has 0 aliphatic carbocycles. The van der Waals surface area contributed by atoms with Crippen LogP contribution in [0.15, 0.2) is 18.2 Å². The van der Waals surface area contributed by atoms with Gasteiger partial charge in [-0.25, -0.2) is 0 Å². The largest absolute Gasteiger partial charge is 0.506 e. The lowest BCUT2D eigenvalue weighted by Crippen LogP contribution is -2.37. The number of benzene rings is 1. The lowest BCUT2D eigenvalue weighted by Gasteiger charge is -2.07. The Morgan fingerprint density at radius 1 is 1.33 bits per heavy atom. The molecule has 0 aromatic heterocycles. The summed E-state index contributed by atoms with van der Waals surface area (Å²) >= 11 is 0. The van der Waals surface area contributed by atoms with Gasteiger partial charge in [-0.3, -0.25) is 9.59 Å². The van der Waals surface area contributed by atoms with E-state index in [4.69, 9.17) is 5.73 Å². The Bertz CT molecular complexity index is 446. The van der Waals surface area contributed by atoms with Gasteiger partial charge in [0.25, 0.3) is 5.91 Å². The third-order valence-corrected chi connectivity index (χ3v) is 2.27. The van der Waals surface area contributed by atoms with Crippen LogP contribution in [0.3, 0.4) is 0 Å². The van der Waals surface area contributed by atoms with E-state index in [9.17, 15) is 14.7 Å². The monoisotopic (exact) mass is 251 g/mol. The molecule has 18 heavy (non-hydrogen) atoms. The third-order valence-electron chi connectivity index (χ3n) is 2.27. The fourth-order valence-corrected chi connectivity index (χ4v) is 1.27. The predicted octanol–water partition coefficient (Wildman–Crippen LogP) is 0.230. The molecule has 0 aliphatic heterocycles. The molecule has 6 nitrogen and oxygen atoms in total. The number of phenols is 1. The second kappa shape index (κ2) is 6.48. The molecule has 0 aliphatic rings. The highest BCUT2D eigenvalue weighted by atomic mass is 16.3. The lowest BCUT2D eigenvalue weighted by molar-refractivity contribution is -0.120. The topological polar surface area (TPSA) is 104 Å². The Morgan fingerprint density at radius 3 is 2.67 bits per heavy atom. The van der Waals surface area contributed by atoms with Gasteiger partial charge in [-0.15, -0.1) is 0 Å². The average Bonchev–Trinajstić information content (AvgIpc) is 2.36. The molecule has 0 radical (unpaired) electrons. The van der Waals surface area contributed by atoms with E-state index in [1.54, 1.807) is 0 Å². The number of anilines is 1. The van der Waals surface area contributed by atoms with Crippen molar-refractivity contribution in [2.24, 2.45) is 0 Å². The van der Waals surface area contributed by atoms with Crippen LogP contribution in [0.5, 0.6) is 5.75 Å². The molecule has 98 valence electrons. The Morgan fingerprint density at radius 2 is 2.06 bits per heavy atom. The Balaban J connectivity index is 2.50. The van der Waals surface area contributed by atoms with Gasteiger partial charge in [-0.05, 0) is 24.6 Å². The van der Waals surface area contributed by atoms with Crippen molar-refractivity contribution >= 4 is 17.5 Å². The molecule has 1 rings (SSSR count). The minimum atomic E-state index is -0.433. The second-order valence-electron chi connectivity index (χ2n) is 3.81. The van der Waals surface area contributed by atoms with Gasteiger partial charge in [-0.2, -0.15) is 0 Å². The van der Waals surface area contributed by atoms with E-state index in [-0.39, 0.29) is 29.5 Å². The first kappa shape index (κ1) is 13.8. The van der Waals surface area contributed by atoms with E-state index in [0.29, 0.717) is 6.54 Å². The van der Waals surface area contributed by atoms with Crippen LogP contribution in [0.4, 0.5) is 5.69 Å². The molecule has 5 N–H and O–H groups in total. The SMILES string of the molecule is CCCNC(=O)CNC(=O)c1ccc(N)c(O)c1.